The van der Waals surface area contributed by atoms with E-state index in [9.17, 15) is 14.4 Å². The van der Waals surface area contributed by atoms with Crippen molar-refractivity contribution in [2.45, 2.75) is 309 Å². The topological polar surface area (TPSA) is 81.7 Å². The van der Waals surface area contributed by atoms with E-state index in [1.54, 1.807) is 0 Å². The maximum Gasteiger partial charge on any atom is 0.328 e. The van der Waals surface area contributed by atoms with Crippen molar-refractivity contribution in [3.8, 4) is 0 Å². The second-order valence-corrected chi connectivity index (χ2v) is 18.2. The van der Waals surface area contributed by atoms with Crippen molar-refractivity contribution in [2.75, 3.05) is 13.2 Å². The van der Waals surface area contributed by atoms with Gasteiger partial charge in [-0.1, -0.05) is 265 Å². The minimum Gasteiger partial charge on any atom is -0.466 e. The Morgan fingerprint density at radius 3 is 0.932 bits per heavy atom. The quantitative estimate of drug-likeness (QED) is 0.0488. The van der Waals surface area contributed by atoms with E-state index >= 15 is 0 Å². The number of hydrogen-bond acceptors (Lipinski definition) is 5. The summed E-state index contributed by atoms with van der Waals surface area (Å²) in [6, 6.07) is -0.801. The second kappa shape index (κ2) is 49.1. The predicted molar refractivity (Wildman–Crippen MR) is 254 cm³/mol. The average Bonchev–Trinajstić information content (AvgIpc) is 3.23. The van der Waals surface area contributed by atoms with E-state index in [0.29, 0.717) is 19.6 Å². The van der Waals surface area contributed by atoms with Crippen molar-refractivity contribution in [3.05, 3.63) is 0 Å². The third-order valence-corrected chi connectivity index (χ3v) is 12.3. The maximum absolute atomic E-state index is 13.1. The Balaban J connectivity index is 4.22. The van der Waals surface area contributed by atoms with Crippen molar-refractivity contribution < 1.29 is 23.9 Å². The van der Waals surface area contributed by atoms with Gasteiger partial charge in [-0.2, -0.15) is 0 Å². The molecular weight excluding hydrogens is 731 g/mol. The Kier molecular flexibility index (Phi) is 47.7. The summed E-state index contributed by atoms with van der Waals surface area (Å²) in [5, 5.41) is 2.91. The second-order valence-electron chi connectivity index (χ2n) is 18.2. The molecule has 0 aliphatic rings. The Hall–Kier alpha value is -1.59. The van der Waals surface area contributed by atoms with E-state index in [1.165, 1.54) is 218 Å². The van der Waals surface area contributed by atoms with Gasteiger partial charge in [0.15, 0.2) is 0 Å². The van der Waals surface area contributed by atoms with Gasteiger partial charge in [-0.3, -0.25) is 9.59 Å². The van der Waals surface area contributed by atoms with Crippen molar-refractivity contribution >= 4 is 17.8 Å². The minimum absolute atomic E-state index is 0.107. The molecule has 6 heteroatoms. The normalized spacial score (nSPS) is 11.8. The molecule has 1 atom stereocenters. The highest BCUT2D eigenvalue weighted by atomic mass is 16.5. The van der Waals surface area contributed by atoms with Crippen LogP contribution in [0.2, 0.25) is 0 Å². The molecule has 0 aliphatic heterocycles. The van der Waals surface area contributed by atoms with E-state index in [0.717, 1.165) is 44.9 Å². The summed E-state index contributed by atoms with van der Waals surface area (Å²) in [5.41, 5.74) is 0. The van der Waals surface area contributed by atoms with Gasteiger partial charge in [0, 0.05) is 12.8 Å². The Labute approximate surface area is 368 Å². The van der Waals surface area contributed by atoms with E-state index in [2.05, 4.69) is 26.1 Å². The lowest BCUT2D eigenvalue weighted by Gasteiger charge is -2.18. The molecule has 0 bridgehead atoms. The largest absolute Gasteiger partial charge is 0.466 e. The van der Waals surface area contributed by atoms with Crippen molar-refractivity contribution in [2.24, 2.45) is 0 Å². The van der Waals surface area contributed by atoms with Gasteiger partial charge in [0.05, 0.1) is 13.2 Å². The van der Waals surface area contributed by atoms with Crippen molar-refractivity contribution in [1.29, 1.82) is 0 Å². The molecule has 0 radical (unpaired) electrons. The van der Waals surface area contributed by atoms with Gasteiger partial charge in [-0.15, -0.1) is 0 Å². The number of unbranched alkanes of at least 4 members (excludes halogenated alkanes) is 38. The molecule has 0 unspecified atom stereocenters. The van der Waals surface area contributed by atoms with E-state index < -0.39 is 12.0 Å². The zero-order valence-electron chi connectivity index (χ0n) is 40.1. The van der Waals surface area contributed by atoms with Gasteiger partial charge in [-0.25, -0.2) is 4.79 Å². The Morgan fingerprint density at radius 2 is 0.610 bits per heavy atom. The van der Waals surface area contributed by atoms with Crippen LogP contribution in [0.5, 0.6) is 0 Å². The highest BCUT2D eigenvalue weighted by Crippen LogP contribution is 2.16. The summed E-state index contributed by atoms with van der Waals surface area (Å²) in [4.78, 5) is 38.6. The van der Waals surface area contributed by atoms with Gasteiger partial charge in [-0.05, 0) is 25.7 Å². The number of ether oxygens (including phenoxy) is 2. The predicted octanol–water partition coefficient (Wildman–Crippen LogP) is 16.8. The third-order valence-electron chi connectivity index (χ3n) is 12.3. The Morgan fingerprint density at radius 1 is 0.339 bits per heavy atom. The summed E-state index contributed by atoms with van der Waals surface area (Å²) in [6.07, 6.45) is 53.2. The molecule has 0 fully saturated rings. The fourth-order valence-corrected chi connectivity index (χ4v) is 8.21. The number of rotatable bonds is 49. The zero-order chi connectivity index (χ0) is 43.0. The molecule has 0 saturated carbocycles. The number of nitrogens with one attached hydrogen (secondary N) is 1. The van der Waals surface area contributed by atoms with Crippen molar-refractivity contribution in [3.63, 3.8) is 0 Å². The van der Waals surface area contributed by atoms with Gasteiger partial charge in [0.25, 0.3) is 0 Å². The average molecular weight is 834 g/mol. The van der Waals surface area contributed by atoms with Crippen LogP contribution in [0.15, 0.2) is 0 Å². The number of esters is 2. The highest BCUT2D eigenvalue weighted by Gasteiger charge is 2.23. The molecule has 0 saturated heterocycles. The smallest absolute Gasteiger partial charge is 0.328 e. The number of carbonyl (C=O) groups excluding carboxylic acids is 3. The molecule has 0 aromatic carbocycles. The Bertz CT molecular complexity index is 878. The monoisotopic (exact) mass is 834 g/mol. The molecule has 0 aromatic heterocycles. The van der Waals surface area contributed by atoms with Crippen LogP contribution in [0, 0.1) is 0 Å². The molecule has 1 N–H and O–H groups in total. The van der Waals surface area contributed by atoms with E-state index in [1.807, 2.05) is 0 Å². The molecule has 0 rings (SSSR count). The van der Waals surface area contributed by atoms with Crippen LogP contribution in [0.4, 0.5) is 0 Å². The molecule has 0 aliphatic carbocycles. The number of carbonyl (C=O) groups is 3. The fraction of sp³-hybridized carbons (Fsp3) is 0.943. The summed E-state index contributed by atoms with van der Waals surface area (Å²) in [7, 11) is 0. The molecule has 59 heavy (non-hydrogen) atoms. The summed E-state index contributed by atoms with van der Waals surface area (Å²) in [5.74, 6) is -0.842. The van der Waals surface area contributed by atoms with Crippen LogP contribution >= 0.6 is 0 Å². The summed E-state index contributed by atoms with van der Waals surface area (Å²) >= 11 is 0. The van der Waals surface area contributed by atoms with Crippen LogP contribution in [0.1, 0.15) is 303 Å². The van der Waals surface area contributed by atoms with Crippen LogP contribution in [-0.2, 0) is 23.9 Å². The first-order chi connectivity index (χ1) is 29.0. The lowest BCUT2D eigenvalue weighted by molar-refractivity contribution is -0.149. The molecule has 350 valence electrons. The highest BCUT2D eigenvalue weighted by molar-refractivity contribution is 5.85. The van der Waals surface area contributed by atoms with Gasteiger partial charge in [0.1, 0.15) is 6.04 Å². The minimum atomic E-state index is -0.801. The number of amides is 1. The van der Waals surface area contributed by atoms with Crippen LogP contribution < -0.4 is 5.32 Å². The van der Waals surface area contributed by atoms with Crippen molar-refractivity contribution in [1.82, 2.24) is 5.32 Å². The zero-order valence-corrected chi connectivity index (χ0v) is 40.1. The van der Waals surface area contributed by atoms with E-state index in [-0.39, 0.29) is 24.7 Å². The lowest BCUT2D eigenvalue weighted by atomic mass is 10.0. The van der Waals surface area contributed by atoms with E-state index in [4.69, 9.17) is 9.47 Å². The first kappa shape index (κ1) is 57.4. The standard InChI is InChI=1S/C53H103NO5/c1-4-7-10-13-16-19-21-23-25-27-29-31-34-37-40-43-48-58-52(56)47-46-50(54-51(55)45-42-39-36-33-18-15-12-9-6-3)53(57)59-49-44-41-38-35-32-30-28-26-24-22-20-17-14-11-8-5-2/h50H,4-49H2,1-3H3,(H,54,55)/t50-/m0/s1. The SMILES string of the molecule is CCCCCCCCCCCCCCCCCCOC(=O)CC[C@H](NC(=O)CCCCCCCCCCC)C(=O)OCCCCCCCCCCCCCCCCCC. The fourth-order valence-electron chi connectivity index (χ4n) is 8.21. The third kappa shape index (κ3) is 45.8. The molecule has 0 spiro atoms. The van der Waals surface area contributed by atoms with Gasteiger partial charge < -0.3 is 14.8 Å². The molecule has 0 aromatic rings. The summed E-state index contributed by atoms with van der Waals surface area (Å²) in [6.45, 7) is 7.60. The lowest BCUT2D eigenvalue weighted by Crippen LogP contribution is -2.42. The van der Waals surface area contributed by atoms with Crippen LogP contribution in [0.3, 0.4) is 0 Å². The molecule has 1 amide bonds. The molecule has 0 heterocycles. The maximum atomic E-state index is 13.1. The van der Waals surface area contributed by atoms with Gasteiger partial charge in [0.2, 0.25) is 5.91 Å². The number of hydrogen-bond donors (Lipinski definition) is 1. The summed E-state index contributed by atoms with van der Waals surface area (Å²) < 4.78 is 11.2. The molecule has 6 nitrogen and oxygen atoms in total. The first-order valence-corrected chi connectivity index (χ1v) is 26.7. The van der Waals surface area contributed by atoms with Gasteiger partial charge >= 0.3 is 11.9 Å². The van der Waals surface area contributed by atoms with Crippen LogP contribution in [0.25, 0.3) is 0 Å². The molecular formula is C53H103NO5. The van der Waals surface area contributed by atoms with Crippen LogP contribution in [-0.4, -0.2) is 37.1 Å². The first-order valence-electron chi connectivity index (χ1n) is 26.7.